The maximum absolute atomic E-state index is 12.3. The first kappa shape index (κ1) is 18.7. The molecule has 2 aliphatic carbocycles. The van der Waals surface area contributed by atoms with Crippen molar-refractivity contribution in [1.29, 1.82) is 0 Å². The lowest BCUT2D eigenvalue weighted by molar-refractivity contribution is -0.139. The van der Waals surface area contributed by atoms with E-state index in [1.54, 1.807) is 0 Å². The lowest BCUT2D eigenvalue weighted by Gasteiger charge is -2.42. The van der Waals surface area contributed by atoms with Gasteiger partial charge in [-0.05, 0) is 56.7 Å². The number of aromatic nitrogens is 2. The Balaban J connectivity index is 1.28. The number of rotatable bonds is 8. The Morgan fingerprint density at radius 1 is 1.32 bits per heavy atom. The summed E-state index contributed by atoms with van der Waals surface area (Å²) in [5.74, 6) is -0.127. The molecule has 0 spiro atoms. The number of hydrogen-bond donors (Lipinski definition) is 3. The van der Waals surface area contributed by atoms with Crippen molar-refractivity contribution in [2.24, 2.45) is 5.92 Å². The molecule has 2 saturated carbocycles. The van der Waals surface area contributed by atoms with E-state index in [1.165, 1.54) is 12.8 Å². The SMILES string of the molecule is CCn1ncc2ccc(NC(=O)NC3CC(N(CC(=O)O)CC4CC4)C3)cc21. The fraction of sp³-hybridized carbons (Fsp3) is 0.550. The van der Waals surface area contributed by atoms with Gasteiger partial charge < -0.3 is 15.7 Å². The first-order valence-corrected chi connectivity index (χ1v) is 10.0. The second-order valence-corrected chi connectivity index (χ2v) is 7.92. The number of aryl methyl sites for hydroxylation is 1. The molecule has 0 aliphatic heterocycles. The number of carboxylic acid groups (broad SMARTS) is 1. The van der Waals surface area contributed by atoms with Crippen LogP contribution in [-0.2, 0) is 11.3 Å². The van der Waals surface area contributed by atoms with Gasteiger partial charge in [0.25, 0.3) is 0 Å². The highest BCUT2D eigenvalue weighted by Gasteiger charge is 2.37. The third-order valence-corrected chi connectivity index (χ3v) is 5.69. The van der Waals surface area contributed by atoms with Crippen LogP contribution in [-0.4, -0.2) is 57.0 Å². The summed E-state index contributed by atoms with van der Waals surface area (Å²) in [5.41, 5.74) is 1.73. The van der Waals surface area contributed by atoms with Gasteiger partial charge >= 0.3 is 12.0 Å². The minimum Gasteiger partial charge on any atom is -0.480 e. The maximum atomic E-state index is 12.3. The molecular weight excluding hydrogens is 358 g/mol. The number of carbonyl (C=O) groups is 2. The number of benzene rings is 1. The lowest BCUT2D eigenvalue weighted by atomic mass is 9.85. The average molecular weight is 385 g/mol. The summed E-state index contributed by atoms with van der Waals surface area (Å²) in [6.45, 7) is 3.76. The Morgan fingerprint density at radius 2 is 2.11 bits per heavy atom. The van der Waals surface area contributed by atoms with Gasteiger partial charge in [0.15, 0.2) is 0 Å². The average Bonchev–Trinajstić information content (AvgIpc) is 3.33. The molecular formula is C20H27N5O3. The Morgan fingerprint density at radius 3 is 2.79 bits per heavy atom. The summed E-state index contributed by atoms with van der Waals surface area (Å²) in [5, 5.41) is 20.4. The number of carboxylic acids is 1. The van der Waals surface area contributed by atoms with Crippen molar-refractivity contribution in [2.75, 3.05) is 18.4 Å². The van der Waals surface area contributed by atoms with Gasteiger partial charge in [-0.25, -0.2) is 4.79 Å². The molecule has 2 aliphatic rings. The molecule has 8 nitrogen and oxygen atoms in total. The number of amides is 2. The van der Waals surface area contributed by atoms with Gasteiger partial charge in [0.2, 0.25) is 0 Å². The second-order valence-electron chi connectivity index (χ2n) is 7.92. The number of carbonyl (C=O) groups excluding carboxylic acids is 1. The molecule has 0 bridgehead atoms. The summed E-state index contributed by atoms with van der Waals surface area (Å²) >= 11 is 0. The molecule has 0 radical (unpaired) electrons. The van der Waals surface area contributed by atoms with Gasteiger partial charge in [-0.15, -0.1) is 0 Å². The van der Waals surface area contributed by atoms with Crippen LogP contribution in [0.5, 0.6) is 0 Å². The third-order valence-electron chi connectivity index (χ3n) is 5.69. The topological polar surface area (TPSA) is 99.5 Å². The molecule has 1 aromatic heterocycles. The highest BCUT2D eigenvalue weighted by atomic mass is 16.4. The van der Waals surface area contributed by atoms with Gasteiger partial charge in [0.1, 0.15) is 0 Å². The number of hydrogen-bond acceptors (Lipinski definition) is 4. The van der Waals surface area contributed by atoms with Crippen LogP contribution in [0.4, 0.5) is 10.5 Å². The van der Waals surface area contributed by atoms with Crippen LogP contribution in [0.1, 0.15) is 32.6 Å². The fourth-order valence-electron chi connectivity index (χ4n) is 3.91. The first-order chi connectivity index (χ1) is 13.5. The zero-order chi connectivity index (χ0) is 19.7. The van der Waals surface area contributed by atoms with Crippen molar-refractivity contribution in [3.63, 3.8) is 0 Å². The Hall–Kier alpha value is -2.61. The van der Waals surface area contributed by atoms with Crippen molar-refractivity contribution < 1.29 is 14.7 Å². The van der Waals surface area contributed by atoms with Crippen molar-refractivity contribution in [3.05, 3.63) is 24.4 Å². The van der Waals surface area contributed by atoms with Crippen LogP contribution < -0.4 is 10.6 Å². The van der Waals surface area contributed by atoms with E-state index in [9.17, 15) is 9.59 Å². The smallest absolute Gasteiger partial charge is 0.319 e. The second kappa shape index (κ2) is 7.79. The molecule has 2 fully saturated rings. The van der Waals surface area contributed by atoms with Crippen molar-refractivity contribution in [2.45, 2.75) is 51.2 Å². The van der Waals surface area contributed by atoms with Crippen LogP contribution in [0, 0.1) is 5.92 Å². The molecule has 1 aromatic carbocycles. The van der Waals surface area contributed by atoms with Gasteiger partial charge in [-0.2, -0.15) is 5.10 Å². The van der Waals surface area contributed by atoms with Gasteiger partial charge in [0, 0.05) is 36.2 Å². The normalized spacial score (nSPS) is 21.5. The van der Waals surface area contributed by atoms with Crippen LogP contribution in [0.3, 0.4) is 0 Å². The summed E-state index contributed by atoms with van der Waals surface area (Å²) in [6, 6.07) is 5.86. The number of nitrogens with one attached hydrogen (secondary N) is 2. The number of aliphatic carboxylic acids is 1. The van der Waals surface area contributed by atoms with E-state index in [0.29, 0.717) is 5.92 Å². The van der Waals surface area contributed by atoms with Crippen LogP contribution >= 0.6 is 0 Å². The van der Waals surface area contributed by atoms with Gasteiger partial charge in [-0.1, -0.05) is 0 Å². The summed E-state index contributed by atoms with van der Waals surface area (Å²) < 4.78 is 1.89. The minimum absolute atomic E-state index is 0.0883. The van der Waals surface area contributed by atoms with Gasteiger partial charge in [-0.3, -0.25) is 14.4 Å². The molecule has 0 unspecified atom stereocenters. The summed E-state index contributed by atoms with van der Waals surface area (Å²) in [7, 11) is 0. The quantitative estimate of drug-likeness (QED) is 0.648. The molecule has 0 atom stereocenters. The zero-order valence-electron chi connectivity index (χ0n) is 16.1. The first-order valence-electron chi connectivity index (χ1n) is 10.0. The molecule has 1 heterocycles. The number of fused-ring (bicyclic) bond motifs is 1. The molecule has 0 saturated heterocycles. The highest BCUT2D eigenvalue weighted by Crippen LogP contribution is 2.33. The molecule has 28 heavy (non-hydrogen) atoms. The van der Waals surface area contributed by atoms with E-state index in [0.717, 1.165) is 42.5 Å². The third kappa shape index (κ3) is 4.27. The minimum atomic E-state index is -0.781. The Bertz CT molecular complexity index is 870. The zero-order valence-corrected chi connectivity index (χ0v) is 16.1. The van der Waals surface area contributed by atoms with Crippen molar-refractivity contribution in [3.8, 4) is 0 Å². The number of urea groups is 1. The molecule has 2 amide bonds. The van der Waals surface area contributed by atoms with Crippen molar-refractivity contribution >= 4 is 28.6 Å². The van der Waals surface area contributed by atoms with E-state index in [1.807, 2.05) is 36.0 Å². The van der Waals surface area contributed by atoms with E-state index in [4.69, 9.17) is 5.11 Å². The van der Waals surface area contributed by atoms with Crippen LogP contribution in [0.15, 0.2) is 24.4 Å². The monoisotopic (exact) mass is 385 g/mol. The number of anilines is 1. The molecule has 3 N–H and O–H groups in total. The number of nitrogens with zero attached hydrogens (tertiary/aromatic N) is 3. The van der Waals surface area contributed by atoms with Crippen LogP contribution in [0.2, 0.25) is 0 Å². The molecule has 2 aromatic rings. The standard InChI is InChI=1S/C20H27N5O3/c1-2-25-18-9-15(6-5-14(18)10-21-25)22-20(28)23-16-7-17(8-16)24(12-19(26)27)11-13-3-4-13/h5-6,9-10,13,16-17H,2-4,7-8,11-12H2,1H3,(H,26,27)(H2,22,23,28). The Kier molecular flexibility index (Phi) is 5.21. The maximum Gasteiger partial charge on any atom is 0.319 e. The van der Waals surface area contributed by atoms with Gasteiger partial charge in [0.05, 0.1) is 18.3 Å². The summed E-state index contributed by atoms with van der Waals surface area (Å²) in [4.78, 5) is 25.5. The van der Waals surface area contributed by atoms with E-state index < -0.39 is 5.97 Å². The van der Waals surface area contributed by atoms with E-state index in [-0.39, 0.29) is 24.7 Å². The summed E-state index contributed by atoms with van der Waals surface area (Å²) in [6.07, 6.45) is 5.83. The molecule has 8 heteroatoms. The molecule has 150 valence electrons. The predicted octanol–water partition coefficient (Wildman–Crippen LogP) is 2.51. The van der Waals surface area contributed by atoms with E-state index in [2.05, 4.69) is 20.6 Å². The highest BCUT2D eigenvalue weighted by molar-refractivity contribution is 5.92. The Labute approximate surface area is 163 Å². The largest absolute Gasteiger partial charge is 0.480 e. The molecule has 4 rings (SSSR count). The van der Waals surface area contributed by atoms with Crippen LogP contribution in [0.25, 0.3) is 10.9 Å². The van der Waals surface area contributed by atoms with Crippen molar-refractivity contribution in [1.82, 2.24) is 20.0 Å². The fourth-order valence-corrected chi connectivity index (χ4v) is 3.91. The predicted molar refractivity (Wildman–Crippen MR) is 106 cm³/mol. The van der Waals surface area contributed by atoms with E-state index >= 15 is 0 Å². The lowest BCUT2D eigenvalue weighted by Crippen LogP contribution is -2.55.